The molecule has 0 fully saturated rings. The smallest absolute Gasteiger partial charge is 0.270 e. The first-order valence-corrected chi connectivity index (χ1v) is 5.31. The van der Waals surface area contributed by atoms with Crippen LogP contribution < -0.4 is 5.73 Å². The first-order valence-electron chi connectivity index (χ1n) is 5.31. The number of nitrogen functional groups attached to an aromatic ring is 1. The van der Waals surface area contributed by atoms with E-state index in [-0.39, 0.29) is 11.9 Å². The highest BCUT2D eigenvalue weighted by Crippen LogP contribution is 2.17. The van der Waals surface area contributed by atoms with Crippen molar-refractivity contribution in [2.75, 3.05) is 19.3 Å². The minimum atomic E-state index is -0.0368. The summed E-state index contributed by atoms with van der Waals surface area (Å²) in [5.41, 5.74) is 6.95. The largest absolute Gasteiger partial charge is 0.397 e. The molecule has 2 N–H and O–H groups in total. The van der Waals surface area contributed by atoms with Crippen molar-refractivity contribution in [2.24, 2.45) is 0 Å². The van der Waals surface area contributed by atoms with Crippen LogP contribution >= 0.6 is 0 Å². The molecule has 0 aromatic carbocycles. The van der Waals surface area contributed by atoms with Gasteiger partial charge in [-0.2, -0.15) is 0 Å². The fourth-order valence-corrected chi connectivity index (χ4v) is 1.57. The molecule has 1 amide bonds. The second-order valence-corrected chi connectivity index (χ2v) is 4.13. The third-order valence-corrected chi connectivity index (χ3v) is 2.39. The average Bonchev–Trinajstić information content (AvgIpc) is 2.59. The van der Waals surface area contributed by atoms with Crippen molar-refractivity contribution in [3.8, 4) is 0 Å². The Balaban J connectivity index is 3.02. The molecule has 0 aliphatic heterocycles. The molecular weight excluding hydrogens is 202 g/mol. The van der Waals surface area contributed by atoms with Gasteiger partial charge < -0.3 is 15.2 Å². The Morgan fingerprint density at radius 1 is 1.69 bits per heavy atom. The Kier molecular flexibility index (Phi) is 3.77. The second kappa shape index (κ2) is 4.88. The van der Waals surface area contributed by atoms with E-state index in [0.29, 0.717) is 17.9 Å². The molecule has 16 heavy (non-hydrogen) atoms. The number of amides is 1. The number of nitrogens with zero attached hydrogens (tertiary/aromatic N) is 2. The fraction of sp³-hybridized carbons (Fsp3) is 0.417. The monoisotopic (exact) mass is 221 g/mol. The van der Waals surface area contributed by atoms with E-state index < -0.39 is 0 Å². The predicted octanol–water partition coefficient (Wildman–Crippen LogP) is 1.91. The lowest BCUT2D eigenvalue weighted by atomic mass is 10.3. The molecule has 0 saturated carbocycles. The van der Waals surface area contributed by atoms with Crippen molar-refractivity contribution in [1.82, 2.24) is 9.47 Å². The lowest BCUT2D eigenvalue weighted by Crippen LogP contribution is -2.29. The zero-order valence-electron chi connectivity index (χ0n) is 10.1. The van der Waals surface area contributed by atoms with E-state index in [9.17, 15) is 4.79 Å². The normalized spacial score (nSPS) is 10.5. The topological polar surface area (TPSA) is 51.3 Å². The standard InChI is InChI=1S/C12H19N3O/c1-5-6-14(4)12(16)11-7-10(13)8-15(11)9(2)3/h5,7-9H,1,6,13H2,2-4H3. The molecule has 0 aliphatic carbocycles. The van der Waals surface area contributed by atoms with Gasteiger partial charge in [0.2, 0.25) is 0 Å². The molecular formula is C12H19N3O. The van der Waals surface area contributed by atoms with Gasteiger partial charge in [0.1, 0.15) is 5.69 Å². The van der Waals surface area contributed by atoms with Gasteiger partial charge in [0.25, 0.3) is 5.91 Å². The van der Waals surface area contributed by atoms with Gasteiger partial charge in [-0.3, -0.25) is 4.79 Å². The van der Waals surface area contributed by atoms with E-state index in [4.69, 9.17) is 5.73 Å². The molecule has 1 heterocycles. The molecule has 0 atom stereocenters. The molecule has 0 unspecified atom stereocenters. The average molecular weight is 221 g/mol. The van der Waals surface area contributed by atoms with E-state index in [1.807, 2.05) is 18.4 Å². The van der Waals surface area contributed by atoms with Gasteiger partial charge in [-0.15, -0.1) is 6.58 Å². The Bertz CT molecular complexity index is 393. The quantitative estimate of drug-likeness (QED) is 0.790. The predicted molar refractivity (Wildman–Crippen MR) is 66.4 cm³/mol. The maximum atomic E-state index is 12.1. The number of anilines is 1. The maximum Gasteiger partial charge on any atom is 0.270 e. The van der Waals surface area contributed by atoms with Crippen LogP contribution in [0.5, 0.6) is 0 Å². The second-order valence-electron chi connectivity index (χ2n) is 4.13. The summed E-state index contributed by atoms with van der Waals surface area (Å²) in [7, 11) is 1.75. The van der Waals surface area contributed by atoms with Gasteiger partial charge >= 0.3 is 0 Å². The number of rotatable bonds is 4. The van der Waals surface area contributed by atoms with Crippen LogP contribution in [0, 0.1) is 0 Å². The van der Waals surface area contributed by atoms with E-state index in [1.54, 1.807) is 30.3 Å². The van der Waals surface area contributed by atoms with Crippen molar-refractivity contribution in [3.63, 3.8) is 0 Å². The van der Waals surface area contributed by atoms with E-state index in [1.165, 1.54) is 0 Å². The van der Waals surface area contributed by atoms with Gasteiger partial charge in [0.15, 0.2) is 0 Å². The van der Waals surface area contributed by atoms with Crippen LogP contribution in [0.15, 0.2) is 24.9 Å². The van der Waals surface area contributed by atoms with E-state index >= 15 is 0 Å². The lowest BCUT2D eigenvalue weighted by molar-refractivity contribution is 0.0798. The number of hydrogen-bond donors (Lipinski definition) is 1. The summed E-state index contributed by atoms with van der Waals surface area (Å²) in [4.78, 5) is 13.7. The zero-order chi connectivity index (χ0) is 12.3. The molecule has 88 valence electrons. The third kappa shape index (κ3) is 2.45. The number of aromatic nitrogens is 1. The highest BCUT2D eigenvalue weighted by molar-refractivity contribution is 5.93. The van der Waals surface area contributed by atoms with Gasteiger partial charge in [-0.05, 0) is 19.9 Å². The summed E-state index contributed by atoms with van der Waals surface area (Å²) in [6.45, 7) is 8.18. The summed E-state index contributed by atoms with van der Waals surface area (Å²) in [5.74, 6) is -0.0368. The van der Waals surface area contributed by atoms with Crippen molar-refractivity contribution >= 4 is 11.6 Å². The number of nitrogens with two attached hydrogens (primary N) is 1. The third-order valence-electron chi connectivity index (χ3n) is 2.39. The lowest BCUT2D eigenvalue weighted by Gasteiger charge is -2.18. The summed E-state index contributed by atoms with van der Waals surface area (Å²) >= 11 is 0. The zero-order valence-corrected chi connectivity index (χ0v) is 10.1. The molecule has 0 radical (unpaired) electrons. The van der Waals surface area contributed by atoms with Crippen LogP contribution in [-0.4, -0.2) is 29.0 Å². The molecule has 1 aromatic heterocycles. The maximum absolute atomic E-state index is 12.1. The van der Waals surface area contributed by atoms with Crippen LogP contribution in [-0.2, 0) is 0 Å². The molecule has 0 aliphatic rings. The summed E-state index contributed by atoms with van der Waals surface area (Å²) < 4.78 is 1.89. The van der Waals surface area contributed by atoms with Gasteiger partial charge in [-0.1, -0.05) is 6.08 Å². The molecule has 4 heteroatoms. The number of carbonyl (C=O) groups excluding carboxylic acids is 1. The van der Waals surface area contributed by atoms with Gasteiger partial charge in [-0.25, -0.2) is 0 Å². The minimum absolute atomic E-state index is 0.0368. The van der Waals surface area contributed by atoms with E-state index in [2.05, 4.69) is 6.58 Å². The number of hydrogen-bond acceptors (Lipinski definition) is 2. The first-order chi connectivity index (χ1) is 7.47. The van der Waals surface area contributed by atoms with Gasteiger partial charge in [0.05, 0.1) is 5.69 Å². The Hall–Kier alpha value is -1.71. The molecule has 4 nitrogen and oxygen atoms in total. The fourth-order valence-electron chi connectivity index (χ4n) is 1.57. The highest BCUT2D eigenvalue weighted by atomic mass is 16.2. The van der Waals surface area contributed by atoms with Crippen LogP contribution in [0.3, 0.4) is 0 Å². The molecule has 0 saturated heterocycles. The number of carbonyl (C=O) groups is 1. The Morgan fingerprint density at radius 3 is 2.81 bits per heavy atom. The summed E-state index contributed by atoms with van der Waals surface area (Å²) in [5, 5.41) is 0. The molecule has 1 aromatic rings. The van der Waals surface area contributed by atoms with Crippen molar-refractivity contribution in [2.45, 2.75) is 19.9 Å². The molecule has 0 bridgehead atoms. The molecule has 0 spiro atoms. The minimum Gasteiger partial charge on any atom is -0.397 e. The summed E-state index contributed by atoms with van der Waals surface area (Å²) in [6, 6.07) is 1.93. The van der Waals surface area contributed by atoms with Crippen molar-refractivity contribution in [3.05, 3.63) is 30.6 Å². The summed E-state index contributed by atoms with van der Waals surface area (Å²) in [6.07, 6.45) is 3.49. The van der Waals surface area contributed by atoms with Crippen LogP contribution in [0.1, 0.15) is 30.4 Å². The van der Waals surface area contributed by atoms with Crippen molar-refractivity contribution in [1.29, 1.82) is 0 Å². The van der Waals surface area contributed by atoms with Crippen LogP contribution in [0.2, 0.25) is 0 Å². The SMILES string of the molecule is C=CCN(C)C(=O)c1cc(N)cn1C(C)C. The highest BCUT2D eigenvalue weighted by Gasteiger charge is 2.17. The van der Waals surface area contributed by atoms with Crippen LogP contribution in [0.25, 0.3) is 0 Å². The Morgan fingerprint density at radius 2 is 2.31 bits per heavy atom. The first kappa shape index (κ1) is 12.4. The van der Waals surface area contributed by atoms with Crippen LogP contribution in [0.4, 0.5) is 5.69 Å². The van der Waals surface area contributed by atoms with Gasteiger partial charge in [0, 0.05) is 25.8 Å². The van der Waals surface area contributed by atoms with E-state index in [0.717, 1.165) is 0 Å². The van der Waals surface area contributed by atoms with Crippen molar-refractivity contribution < 1.29 is 4.79 Å². The molecule has 1 rings (SSSR count). The number of likely N-dealkylation sites (N-methyl/N-ethyl adjacent to an activating group) is 1. The Labute approximate surface area is 96.3 Å².